The Balaban J connectivity index is 3.71. The molecule has 14 heavy (non-hydrogen) atoms. The van der Waals surface area contributed by atoms with Crippen molar-refractivity contribution in [3.63, 3.8) is 0 Å². The summed E-state index contributed by atoms with van der Waals surface area (Å²) < 4.78 is 9.28. The molecule has 82 valence electrons. The molecule has 0 aromatic heterocycles. The normalized spacial score (nSPS) is 12.4. The van der Waals surface area contributed by atoms with Crippen molar-refractivity contribution in [1.82, 2.24) is 0 Å². The quantitative estimate of drug-likeness (QED) is 0.646. The molecule has 0 aliphatic heterocycles. The molecule has 0 bridgehead atoms. The molecule has 5 heteroatoms. The first-order valence-electron chi connectivity index (χ1n) is 4.50. The molecule has 1 unspecified atom stereocenters. The van der Waals surface area contributed by atoms with Crippen LogP contribution in [0.1, 0.15) is 26.7 Å². The third-order valence-corrected chi connectivity index (χ3v) is 1.53. The maximum atomic E-state index is 11.0. The van der Waals surface area contributed by atoms with E-state index in [0.29, 0.717) is 0 Å². The summed E-state index contributed by atoms with van der Waals surface area (Å²) in [6, 6.07) is -0.750. The molecule has 0 saturated heterocycles. The Hall–Kier alpha value is -1.10. The minimum Gasteiger partial charge on any atom is -0.468 e. The summed E-state index contributed by atoms with van der Waals surface area (Å²) in [5.41, 5.74) is 5.42. The van der Waals surface area contributed by atoms with Crippen LogP contribution in [0.5, 0.6) is 0 Å². The maximum absolute atomic E-state index is 11.0. The van der Waals surface area contributed by atoms with Crippen molar-refractivity contribution in [2.75, 3.05) is 7.11 Å². The monoisotopic (exact) mass is 203 g/mol. The number of methoxy groups -OCH3 is 1. The molecule has 1 atom stereocenters. The molecule has 0 saturated carbocycles. The van der Waals surface area contributed by atoms with Crippen molar-refractivity contribution in [2.45, 2.75) is 38.8 Å². The molecule has 5 nitrogen and oxygen atoms in total. The second-order valence-electron chi connectivity index (χ2n) is 3.21. The molecule has 2 N–H and O–H groups in total. The van der Waals surface area contributed by atoms with Crippen molar-refractivity contribution in [3.05, 3.63) is 0 Å². The van der Waals surface area contributed by atoms with Crippen molar-refractivity contribution in [2.24, 2.45) is 5.73 Å². The van der Waals surface area contributed by atoms with Gasteiger partial charge in [-0.25, -0.2) is 0 Å². The molecule has 0 spiro atoms. The van der Waals surface area contributed by atoms with Crippen LogP contribution in [0.25, 0.3) is 0 Å². The number of nitrogens with two attached hydrogens (primary N) is 1. The molecular formula is C9H17NO4. The first kappa shape index (κ1) is 12.9. The van der Waals surface area contributed by atoms with Crippen LogP contribution in [-0.4, -0.2) is 31.2 Å². The summed E-state index contributed by atoms with van der Waals surface area (Å²) in [5.74, 6) is -0.860. The lowest BCUT2D eigenvalue weighted by Crippen LogP contribution is -2.32. The number of esters is 2. The van der Waals surface area contributed by atoms with E-state index >= 15 is 0 Å². The number of hydrogen-bond donors (Lipinski definition) is 1. The van der Waals surface area contributed by atoms with Gasteiger partial charge in [-0.2, -0.15) is 0 Å². The standard InChI is InChI=1S/C9H17NO4/c1-6(2)14-8(11)5-4-7(10)9(12)13-3/h6-7H,4-5,10H2,1-3H3. The van der Waals surface area contributed by atoms with E-state index in [2.05, 4.69) is 4.74 Å². The van der Waals surface area contributed by atoms with Crippen LogP contribution in [0.15, 0.2) is 0 Å². The third-order valence-electron chi connectivity index (χ3n) is 1.53. The molecule has 0 aromatic rings. The van der Waals surface area contributed by atoms with E-state index in [1.54, 1.807) is 13.8 Å². The van der Waals surface area contributed by atoms with Gasteiger partial charge in [0.15, 0.2) is 0 Å². The topological polar surface area (TPSA) is 78.6 Å². The molecule has 0 fully saturated rings. The van der Waals surface area contributed by atoms with Crippen LogP contribution < -0.4 is 5.73 Å². The Kier molecular flexibility index (Phi) is 5.87. The second-order valence-corrected chi connectivity index (χ2v) is 3.21. The lowest BCUT2D eigenvalue weighted by atomic mass is 10.2. The van der Waals surface area contributed by atoms with Gasteiger partial charge in [-0.15, -0.1) is 0 Å². The molecule has 0 aromatic carbocycles. The first-order chi connectivity index (χ1) is 6.47. The van der Waals surface area contributed by atoms with Gasteiger partial charge in [0.2, 0.25) is 0 Å². The Morgan fingerprint density at radius 1 is 1.36 bits per heavy atom. The van der Waals surface area contributed by atoms with E-state index in [1.165, 1.54) is 7.11 Å². The highest BCUT2D eigenvalue weighted by molar-refractivity contribution is 5.76. The molecule has 0 heterocycles. The van der Waals surface area contributed by atoms with Crippen LogP contribution in [0.4, 0.5) is 0 Å². The van der Waals surface area contributed by atoms with Gasteiger partial charge in [0.05, 0.1) is 13.2 Å². The summed E-state index contributed by atoms with van der Waals surface area (Å²) in [4.78, 5) is 21.9. The Morgan fingerprint density at radius 2 is 1.93 bits per heavy atom. The second kappa shape index (κ2) is 6.37. The van der Waals surface area contributed by atoms with E-state index in [1.807, 2.05) is 0 Å². The number of ether oxygens (including phenoxy) is 2. The van der Waals surface area contributed by atoms with Crippen LogP contribution in [0.2, 0.25) is 0 Å². The number of hydrogen-bond acceptors (Lipinski definition) is 5. The van der Waals surface area contributed by atoms with E-state index in [-0.39, 0.29) is 24.9 Å². The summed E-state index contributed by atoms with van der Waals surface area (Å²) in [6.07, 6.45) is 0.240. The molecule has 0 aliphatic rings. The van der Waals surface area contributed by atoms with Gasteiger partial charge in [0, 0.05) is 6.42 Å². The average molecular weight is 203 g/mol. The number of rotatable bonds is 5. The third kappa shape index (κ3) is 5.53. The summed E-state index contributed by atoms with van der Waals surface area (Å²) in [5, 5.41) is 0. The van der Waals surface area contributed by atoms with Gasteiger partial charge in [0.25, 0.3) is 0 Å². The lowest BCUT2D eigenvalue weighted by Gasteiger charge is -2.10. The Morgan fingerprint density at radius 3 is 2.36 bits per heavy atom. The van der Waals surface area contributed by atoms with E-state index in [9.17, 15) is 9.59 Å². The summed E-state index contributed by atoms with van der Waals surface area (Å²) in [6.45, 7) is 3.52. The van der Waals surface area contributed by atoms with Crippen molar-refractivity contribution in [3.8, 4) is 0 Å². The highest BCUT2D eigenvalue weighted by Crippen LogP contribution is 2.00. The zero-order valence-corrected chi connectivity index (χ0v) is 8.78. The van der Waals surface area contributed by atoms with Gasteiger partial charge in [0.1, 0.15) is 6.04 Å². The smallest absolute Gasteiger partial charge is 0.322 e. The van der Waals surface area contributed by atoms with Gasteiger partial charge >= 0.3 is 11.9 Å². The number of carbonyl (C=O) groups excluding carboxylic acids is 2. The van der Waals surface area contributed by atoms with Crippen LogP contribution in [-0.2, 0) is 19.1 Å². The fourth-order valence-electron chi connectivity index (χ4n) is 0.864. The molecule has 0 amide bonds. The van der Waals surface area contributed by atoms with Gasteiger partial charge in [-0.05, 0) is 20.3 Å². The Labute approximate surface area is 83.5 Å². The fraction of sp³-hybridized carbons (Fsp3) is 0.778. The minimum absolute atomic E-state index is 0.133. The summed E-state index contributed by atoms with van der Waals surface area (Å²) in [7, 11) is 1.26. The highest BCUT2D eigenvalue weighted by Gasteiger charge is 2.16. The van der Waals surface area contributed by atoms with Crippen LogP contribution in [0.3, 0.4) is 0 Å². The average Bonchev–Trinajstić information content (AvgIpc) is 2.11. The van der Waals surface area contributed by atoms with Gasteiger partial charge in [-0.1, -0.05) is 0 Å². The van der Waals surface area contributed by atoms with E-state index in [0.717, 1.165) is 0 Å². The highest BCUT2D eigenvalue weighted by atomic mass is 16.5. The molecule has 0 rings (SSSR count). The van der Waals surface area contributed by atoms with Crippen LogP contribution >= 0.6 is 0 Å². The summed E-state index contributed by atoms with van der Waals surface area (Å²) >= 11 is 0. The predicted octanol–water partition coefficient (Wildman–Crippen LogP) is 0.218. The first-order valence-corrected chi connectivity index (χ1v) is 4.50. The molecule has 0 aliphatic carbocycles. The predicted molar refractivity (Wildman–Crippen MR) is 50.5 cm³/mol. The van der Waals surface area contributed by atoms with E-state index in [4.69, 9.17) is 10.5 Å². The SMILES string of the molecule is COC(=O)C(N)CCC(=O)OC(C)C. The zero-order chi connectivity index (χ0) is 11.1. The van der Waals surface area contributed by atoms with Gasteiger partial charge < -0.3 is 15.2 Å². The molecular weight excluding hydrogens is 186 g/mol. The minimum atomic E-state index is -0.750. The molecule has 0 radical (unpaired) electrons. The van der Waals surface area contributed by atoms with Crippen molar-refractivity contribution < 1.29 is 19.1 Å². The number of carbonyl (C=O) groups is 2. The maximum Gasteiger partial charge on any atom is 0.322 e. The largest absolute Gasteiger partial charge is 0.468 e. The van der Waals surface area contributed by atoms with Gasteiger partial charge in [-0.3, -0.25) is 9.59 Å². The zero-order valence-electron chi connectivity index (χ0n) is 8.78. The fourth-order valence-corrected chi connectivity index (χ4v) is 0.864. The Bertz CT molecular complexity index is 203. The lowest BCUT2D eigenvalue weighted by molar-refractivity contribution is -0.148. The van der Waals surface area contributed by atoms with Crippen molar-refractivity contribution >= 4 is 11.9 Å². The van der Waals surface area contributed by atoms with E-state index < -0.39 is 12.0 Å². The van der Waals surface area contributed by atoms with Crippen molar-refractivity contribution in [1.29, 1.82) is 0 Å². The van der Waals surface area contributed by atoms with Crippen LogP contribution in [0, 0.1) is 0 Å².